The fourth-order valence-electron chi connectivity index (χ4n) is 5.26. The zero-order valence-corrected chi connectivity index (χ0v) is 13.3. The molecule has 0 aromatic rings. The van der Waals surface area contributed by atoms with Crippen molar-refractivity contribution in [2.45, 2.75) is 77.2 Å². The number of unbranched alkanes of at least 4 members (excludes halogenated alkanes) is 1. The van der Waals surface area contributed by atoms with Crippen LogP contribution >= 0.6 is 0 Å². The first kappa shape index (κ1) is 13.7. The first-order valence-corrected chi connectivity index (χ1v) is 8.65. The summed E-state index contributed by atoms with van der Waals surface area (Å²) < 4.78 is 1.36. The summed E-state index contributed by atoms with van der Waals surface area (Å²) in [5, 5.41) is 0. The van der Waals surface area contributed by atoms with Gasteiger partial charge in [-0.15, -0.1) is 0 Å². The number of quaternary nitrogens is 1. The third-order valence-corrected chi connectivity index (χ3v) is 6.76. The number of fused-ring (bicyclic) bond motifs is 2. The van der Waals surface area contributed by atoms with E-state index in [1.54, 1.807) is 0 Å². The van der Waals surface area contributed by atoms with E-state index in [1.165, 1.54) is 75.4 Å². The first-order chi connectivity index (χ1) is 9.09. The predicted molar refractivity (Wildman–Crippen MR) is 82.1 cm³/mol. The Morgan fingerprint density at radius 2 is 2.05 bits per heavy atom. The van der Waals surface area contributed by atoms with E-state index in [1.807, 2.05) is 11.1 Å². The second-order valence-electron chi connectivity index (χ2n) is 7.80. The second-order valence-corrected chi connectivity index (χ2v) is 7.80. The molecule has 0 bridgehead atoms. The van der Waals surface area contributed by atoms with Crippen LogP contribution in [0.3, 0.4) is 0 Å². The monoisotopic (exact) mass is 262 g/mol. The summed E-state index contributed by atoms with van der Waals surface area (Å²) in [7, 11) is 2.55. The molecule has 0 aromatic carbocycles. The molecule has 1 heteroatoms. The number of rotatable bonds is 3. The fraction of sp³-hybridized carbons (Fsp3) is 0.889. The summed E-state index contributed by atoms with van der Waals surface area (Å²) >= 11 is 0. The SMILES string of the molecule is CCCC[C@@H]1CC[N+]2(C)CCC3=C(CCC3)[C@]2(C)C1. The smallest absolute Gasteiger partial charge is 0.118 e. The minimum Gasteiger partial charge on any atom is -0.318 e. The molecule has 1 nitrogen and oxygen atoms in total. The Labute approximate surface area is 119 Å². The highest BCUT2D eigenvalue weighted by Crippen LogP contribution is 2.51. The quantitative estimate of drug-likeness (QED) is 0.512. The number of likely N-dealkylation sites (N-methyl/N-ethyl adjacent to an activating group) is 1. The van der Waals surface area contributed by atoms with E-state index in [9.17, 15) is 0 Å². The lowest BCUT2D eigenvalue weighted by atomic mass is 9.70. The molecule has 0 aromatic heterocycles. The van der Waals surface area contributed by atoms with Gasteiger partial charge in [-0.3, -0.25) is 0 Å². The van der Waals surface area contributed by atoms with Crippen LogP contribution < -0.4 is 0 Å². The van der Waals surface area contributed by atoms with Crippen LogP contribution in [0.4, 0.5) is 0 Å². The first-order valence-electron chi connectivity index (χ1n) is 8.65. The van der Waals surface area contributed by atoms with Gasteiger partial charge in [-0.25, -0.2) is 0 Å². The second kappa shape index (κ2) is 4.91. The summed E-state index contributed by atoms with van der Waals surface area (Å²) in [5.41, 5.74) is 4.28. The zero-order valence-electron chi connectivity index (χ0n) is 13.3. The van der Waals surface area contributed by atoms with Gasteiger partial charge < -0.3 is 4.48 Å². The summed E-state index contributed by atoms with van der Waals surface area (Å²) in [6, 6.07) is 0. The van der Waals surface area contributed by atoms with Gasteiger partial charge >= 0.3 is 0 Å². The lowest BCUT2D eigenvalue weighted by Gasteiger charge is -2.57. The Balaban J connectivity index is 1.85. The molecule has 0 spiro atoms. The van der Waals surface area contributed by atoms with Crippen molar-refractivity contribution in [3.8, 4) is 0 Å². The van der Waals surface area contributed by atoms with Crippen LogP contribution in [-0.4, -0.2) is 30.2 Å². The fourth-order valence-corrected chi connectivity index (χ4v) is 5.26. The highest BCUT2D eigenvalue weighted by Gasteiger charge is 2.54. The summed E-state index contributed by atoms with van der Waals surface area (Å²) in [4.78, 5) is 0. The van der Waals surface area contributed by atoms with Crippen LogP contribution in [0, 0.1) is 5.92 Å². The van der Waals surface area contributed by atoms with Gasteiger partial charge in [-0.2, -0.15) is 0 Å². The Hall–Kier alpha value is -0.300. The van der Waals surface area contributed by atoms with E-state index in [0.717, 1.165) is 5.92 Å². The standard InChI is InChI=1S/C18H32N/c1-4-5-7-15-10-12-19(3)13-11-16-8-6-9-17(16)18(19,2)14-15/h15H,4-14H2,1-3H3/q+1/t15-,18+,19?/m1/s1. The van der Waals surface area contributed by atoms with Crippen molar-refractivity contribution < 1.29 is 4.48 Å². The molecular formula is C18H32N+. The molecule has 1 unspecified atom stereocenters. The Morgan fingerprint density at radius 3 is 2.84 bits per heavy atom. The maximum absolute atomic E-state index is 2.62. The van der Waals surface area contributed by atoms with E-state index in [0.29, 0.717) is 5.54 Å². The van der Waals surface area contributed by atoms with Crippen molar-refractivity contribution >= 4 is 0 Å². The number of hydrogen-bond acceptors (Lipinski definition) is 0. The maximum Gasteiger partial charge on any atom is 0.118 e. The number of nitrogens with zero attached hydrogens (tertiary/aromatic N) is 1. The Bertz CT molecular complexity index is 383. The predicted octanol–water partition coefficient (Wildman–Crippen LogP) is 4.68. The van der Waals surface area contributed by atoms with E-state index >= 15 is 0 Å². The van der Waals surface area contributed by atoms with Crippen LogP contribution in [0.1, 0.15) is 71.6 Å². The molecule has 1 saturated heterocycles. The molecule has 2 aliphatic heterocycles. The van der Waals surface area contributed by atoms with Crippen molar-refractivity contribution in [2.75, 3.05) is 20.1 Å². The van der Waals surface area contributed by atoms with Gasteiger partial charge in [0.1, 0.15) is 5.54 Å². The van der Waals surface area contributed by atoms with Crippen molar-refractivity contribution in [1.82, 2.24) is 0 Å². The van der Waals surface area contributed by atoms with Crippen molar-refractivity contribution in [3.63, 3.8) is 0 Å². The minimum absolute atomic E-state index is 0.501. The van der Waals surface area contributed by atoms with Crippen LogP contribution in [0.15, 0.2) is 11.1 Å². The highest BCUT2D eigenvalue weighted by atomic mass is 15.4. The molecular weight excluding hydrogens is 230 g/mol. The molecule has 0 saturated carbocycles. The highest BCUT2D eigenvalue weighted by molar-refractivity contribution is 5.30. The topological polar surface area (TPSA) is 0 Å². The third-order valence-electron chi connectivity index (χ3n) is 6.76. The average molecular weight is 262 g/mol. The van der Waals surface area contributed by atoms with E-state index < -0.39 is 0 Å². The zero-order chi connectivity index (χ0) is 13.5. The molecule has 0 amide bonds. The summed E-state index contributed by atoms with van der Waals surface area (Å²) in [6.07, 6.45) is 12.9. The van der Waals surface area contributed by atoms with Gasteiger partial charge in [0.15, 0.2) is 0 Å². The van der Waals surface area contributed by atoms with Gasteiger partial charge in [0.25, 0.3) is 0 Å². The molecule has 3 atom stereocenters. The van der Waals surface area contributed by atoms with Crippen LogP contribution in [0.25, 0.3) is 0 Å². The Morgan fingerprint density at radius 1 is 1.21 bits per heavy atom. The van der Waals surface area contributed by atoms with E-state index in [4.69, 9.17) is 0 Å². The normalized spacial score (nSPS) is 42.2. The van der Waals surface area contributed by atoms with Crippen molar-refractivity contribution in [3.05, 3.63) is 11.1 Å². The molecule has 1 aliphatic carbocycles. The van der Waals surface area contributed by atoms with Crippen molar-refractivity contribution in [2.24, 2.45) is 5.92 Å². The average Bonchev–Trinajstić information content (AvgIpc) is 2.87. The third kappa shape index (κ3) is 2.09. The summed E-state index contributed by atoms with van der Waals surface area (Å²) in [6.45, 7) is 7.80. The van der Waals surface area contributed by atoms with Crippen LogP contribution in [0.2, 0.25) is 0 Å². The molecule has 0 N–H and O–H groups in total. The molecule has 108 valence electrons. The molecule has 0 radical (unpaired) electrons. The Kier molecular flexibility index (Phi) is 3.53. The number of hydrogen-bond donors (Lipinski definition) is 0. The lowest BCUT2D eigenvalue weighted by Crippen LogP contribution is -2.67. The van der Waals surface area contributed by atoms with Crippen molar-refractivity contribution in [1.29, 1.82) is 0 Å². The minimum atomic E-state index is 0.501. The summed E-state index contributed by atoms with van der Waals surface area (Å²) in [5.74, 6) is 1.00. The molecule has 3 rings (SSSR count). The van der Waals surface area contributed by atoms with Gasteiger partial charge in [-0.1, -0.05) is 25.3 Å². The van der Waals surface area contributed by atoms with Gasteiger partial charge in [0.2, 0.25) is 0 Å². The van der Waals surface area contributed by atoms with Gasteiger partial charge in [0, 0.05) is 12.8 Å². The molecule has 2 heterocycles. The van der Waals surface area contributed by atoms with Crippen LogP contribution in [-0.2, 0) is 0 Å². The van der Waals surface area contributed by atoms with E-state index in [-0.39, 0.29) is 0 Å². The molecule has 19 heavy (non-hydrogen) atoms. The van der Waals surface area contributed by atoms with E-state index in [2.05, 4.69) is 20.9 Å². The van der Waals surface area contributed by atoms with Gasteiger partial charge in [0.05, 0.1) is 20.1 Å². The van der Waals surface area contributed by atoms with Gasteiger partial charge in [-0.05, 0) is 50.5 Å². The number of piperidine rings is 1. The largest absolute Gasteiger partial charge is 0.318 e. The molecule has 1 fully saturated rings. The molecule has 3 aliphatic rings. The lowest BCUT2D eigenvalue weighted by molar-refractivity contribution is -0.959. The van der Waals surface area contributed by atoms with Crippen LogP contribution in [0.5, 0.6) is 0 Å². The maximum atomic E-state index is 2.62.